The van der Waals surface area contributed by atoms with Crippen LogP contribution in [0.15, 0.2) is 24.5 Å². The van der Waals surface area contributed by atoms with E-state index in [2.05, 4.69) is 25.3 Å². The number of aromatic nitrogens is 4. The zero-order valence-corrected chi connectivity index (χ0v) is 12.9. The van der Waals surface area contributed by atoms with Gasteiger partial charge in [0, 0.05) is 18.5 Å². The molecule has 2 aromatic heterocycles. The first kappa shape index (κ1) is 15.5. The molecule has 9 heteroatoms. The SMILES string of the molecule is CCCOc1cc(C(=O)Nc2ncc[nH]2)c2[nH]c(C(N)=O)nc2c1. The van der Waals surface area contributed by atoms with Crippen molar-refractivity contribution in [3.05, 3.63) is 35.9 Å². The van der Waals surface area contributed by atoms with Crippen molar-refractivity contribution in [3.63, 3.8) is 0 Å². The Morgan fingerprint density at radius 1 is 1.38 bits per heavy atom. The predicted octanol–water partition coefficient (Wildman–Crippen LogP) is 1.43. The van der Waals surface area contributed by atoms with Gasteiger partial charge in [0.15, 0.2) is 5.82 Å². The van der Waals surface area contributed by atoms with Crippen molar-refractivity contribution in [2.45, 2.75) is 13.3 Å². The van der Waals surface area contributed by atoms with Crippen molar-refractivity contribution < 1.29 is 14.3 Å². The number of carbonyl (C=O) groups is 2. The molecule has 9 nitrogen and oxygen atoms in total. The summed E-state index contributed by atoms with van der Waals surface area (Å²) in [7, 11) is 0. The summed E-state index contributed by atoms with van der Waals surface area (Å²) < 4.78 is 5.59. The van der Waals surface area contributed by atoms with Crippen LogP contribution < -0.4 is 15.8 Å². The van der Waals surface area contributed by atoms with E-state index in [9.17, 15) is 9.59 Å². The normalized spacial score (nSPS) is 10.7. The fourth-order valence-corrected chi connectivity index (χ4v) is 2.19. The fourth-order valence-electron chi connectivity index (χ4n) is 2.19. The molecule has 2 heterocycles. The first-order valence-corrected chi connectivity index (χ1v) is 7.35. The van der Waals surface area contributed by atoms with Gasteiger partial charge in [-0.25, -0.2) is 9.97 Å². The van der Waals surface area contributed by atoms with Gasteiger partial charge in [-0.05, 0) is 12.5 Å². The number of nitrogens with zero attached hydrogens (tertiary/aromatic N) is 2. The number of nitrogens with one attached hydrogen (secondary N) is 3. The van der Waals surface area contributed by atoms with Gasteiger partial charge in [-0.3, -0.25) is 14.9 Å². The molecule has 124 valence electrons. The second-order valence-corrected chi connectivity index (χ2v) is 5.05. The van der Waals surface area contributed by atoms with Crippen molar-refractivity contribution in [3.8, 4) is 5.75 Å². The van der Waals surface area contributed by atoms with Crippen LogP contribution in [0.4, 0.5) is 5.95 Å². The first-order chi connectivity index (χ1) is 11.6. The maximum absolute atomic E-state index is 12.5. The summed E-state index contributed by atoms with van der Waals surface area (Å²) in [6, 6.07) is 3.23. The number of primary amides is 1. The van der Waals surface area contributed by atoms with E-state index in [1.165, 1.54) is 6.20 Å². The van der Waals surface area contributed by atoms with Crippen LogP contribution in [0.2, 0.25) is 0 Å². The number of hydrogen-bond donors (Lipinski definition) is 4. The molecule has 0 atom stereocenters. The van der Waals surface area contributed by atoms with Gasteiger partial charge >= 0.3 is 0 Å². The minimum Gasteiger partial charge on any atom is -0.494 e. The molecule has 0 aliphatic rings. The number of benzene rings is 1. The van der Waals surface area contributed by atoms with Crippen LogP contribution in [0.5, 0.6) is 5.75 Å². The fraction of sp³-hybridized carbons (Fsp3) is 0.200. The molecule has 1 aromatic carbocycles. The lowest BCUT2D eigenvalue weighted by Crippen LogP contribution is -2.14. The van der Waals surface area contributed by atoms with Gasteiger partial charge in [0.1, 0.15) is 5.75 Å². The molecule has 0 bridgehead atoms. The Morgan fingerprint density at radius 2 is 2.21 bits per heavy atom. The number of imidazole rings is 2. The molecule has 2 amide bonds. The molecule has 0 saturated heterocycles. The molecule has 3 rings (SSSR count). The number of aromatic amines is 2. The van der Waals surface area contributed by atoms with E-state index >= 15 is 0 Å². The van der Waals surface area contributed by atoms with Gasteiger partial charge in [-0.2, -0.15) is 0 Å². The molecule has 5 N–H and O–H groups in total. The first-order valence-electron chi connectivity index (χ1n) is 7.35. The predicted molar refractivity (Wildman–Crippen MR) is 86.9 cm³/mol. The highest BCUT2D eigenvalue weighted by Crippen LogP contribution is 2.25. The summed E-state index contributed by atoms with van der Waals surface area (Å²) in [5.41, 5.74) is 6.34. The summed E-state index contributed by atoms with van der Waals surface area (Å²) in [5, 5.41) is 2.63. The molecule has 24 heavy (non-hydrogen) atoms. The van der Waals surface area contributed by atoms with Gasteiger partial charge in [0.05, 0.1) is 23.2 Å². The quantitative estimate of drug-likeness (QED) is 0.542. The van der Waals surface area contributed by atoms with Crippen LogP contribution in [0.1, 0.15) is 34.3 Å². The maximum Gasteiger partial charge on any atom is 0.284 e. The largest absolute Gasteiger partial charge is 0.494 e. The highest BCUT2D eigenvalue weighted by molar-refractivity contribution is 6.12. The van der Waals surface area contributed by atoms with E-state index in [4.69, 9.17) is 10.5 Å². The Morgan fingerprint density at radius 3 is 2.88 bits per heavy atom. The molecule has 0 aliphatic heterocycles. The van der Waals surface area contributed by atoms with E-state index in [0.29, 0.717) is 29.3 Å². The zero-order valence-electron chi connectivity index (χ0n) is 12.9. The van der Waals surface area contributed by atoms with Crippen LogP contribution in [-0.4, -0.2) is 38.4 Å². The van der Waals surface area contributed by atoms with Crippen molar-refractivity contribution in [2.24, 2.45) is 5.73 Å². The Hall–Kier alpha value is -3.36. The van der Waals surface area contributed by atoms with Crippen molar-refractivity contribution in [1.29, 1.82) is 0 Å². The van der Waals surface area contributed by atoms with E-state index in [-0.39, 0.29) is 11.4 Å². The lowest BCUT2D eigenvalue weighted by atomic mass is 10.1. The number of rotatable bonds is 6. The Bertz CT molecular complexity index is 884. The highest BCUT2D eigenvalue weighted by Gasteiger charge is 2.18. The van der Waals surface area contributed by atoms with Crippen molar-refractivity contribution in [2.75, 3.05) is 11.9 Å². The lowest BCUT2D eigenvalue weighted by Gasteiger charge is -2.08. The standard InChI is InChI=1S/C15H16N6O3/c1-2-5-24-8-6-9(14(23)21-15-17-3-4-18-15)11-10(7-8)19-13(20-11)12(16)22/h3-4,6-7H,2,5H2,1H3,(H2,16,22)(H,19,20)(H2,17,18,21,23). The third-order valence-electron chi connectivity index (χ3n) is 3.25. The van der Waals surface area contributed by atoms with Crippen molar-refractivity contribution in [1.82, 2.24) is 19.9 Å². The molecule has 0 aliphatic carbocycles. The maximum atomic E-state index is 12.5. The summed E-state index contributed by atoms with van der Waals surface area (Å²) in [6.45, 7) is 2.47. The van der Waals surface area contributed by atoms with Gasteiger partial charge in [-0.1, -0.05) is 6.92 Å². The second-order valence-electron chi connectivity index (χ2n) is 5.05. The molecular weight excluding hydrogens is 312 g/mol. The molecule has 0 fully saturated rings. The second kappa shape index (κ2) is 6.41. The molecular formula is C15H16N6O3. The third kappa shape index (κ3) is 3.05. The van der Waals surface area contributed by atoms with E-state index in [1.807, 2.05) is 6.92 Å². The number of anilines is 1. The Labute approximate surface area is 136 Å². The summed E-state index contributed by atoms with van der Waals surface area (Å²) >= 11 is 0. The molecule has 3 aromatic rings. The van der Waals surface area contributed by atoms with Crippen molar-refractivity contribution >= 4 is 28.8 Å². The van der Waals surface area contributed by atoms with Crippen LogP contribution in [0, 0.1) is 0 Å². The smallest absolute Gasteiger partial charge is 0.284 e. The molecule has 0 unspecified atom stereocenters. The third-order valence-corrected chi connectivity index (χ3v) is 3.25. The summed E-state index contributed by atoms with van der Waals surface area (Å²) in [6.07, 6.45) is 3.93. The number of ether oxygens (including phenoxy) is 1. The average Bonchev–Trinajstić information content (AvgIpc) is 3.20. The van der Waals surface area contributed by atoms with Gasteiger partial charge < -0.3 is 20.4 Å². The number of fused-ring (bicyclic) bond motifs is 1. The summed E-state index contributed by atoms with van der Waals surface area (Å²) in [4.78, 5) is 37.5. The van der Waals surface area contributed by atoms with Crippen LogP contribution in [0.3, 0.4) is 0 Å². The monoisotopic (exact) mass is 328 g/mol. The molecule has 0 radical (unpaired) electrons. The average molecular weight is 328 g/mol. The van der Waals surface area contributed by atoms with Gasteiger partial charge in [0.2, 0.25) is 5.95 Å². The van der Waals surface area contributed by atoms with Gasteiger partial charge in [0.25, 0.3) is 11.8 Å². The Balaban J connectivity index is 2.04. The minimum atomic E-state index is -0.709. The lowest BCUT2D eigenvalue weighted by molar-refractivity contribution is 0.0989. The van der Waals surface area contributed by atoms with Crippen LogP contribution >= 0.6 is 0 Å². The summed E-state index contributed by atoms with van der Waals surface area (Å²) in [5.74, 6) is -0.361. The Kier molecular flexibility index (Phi) is 4.15. The van der Waals surface area contributed by atoms with Crippen LogP contribution in [-0.2, 0) is 0 Å². The number of H-pyrrole nitrogens is 2. The highest BCUT2D eigenvalue weighted by atomic mass is 16.5. The van der Waals surface area contributed by atoms with Crippen LogP contribution in [0.25, 0.3) is 11.0 Å². The zero-order chi connectivity index (χ0) is 17.1. The number of nitrogens with two attached hydrogens (primary N) is 1. The van der Waals surface area contributed by atoms with Gasteiger partial charge in [-0.15, -0.1) is 0 Å². The minimum absolute atomic E-state index is 0.0234. The number of carbonyl (C=O) groups excluding carboxylic acids is 2. The van der Waals surface area contributed by atoms with E-state index < -0.39 is 11.8 Å². The molecule has 0 spiro atoms. The van der Waals surface area contributed by atoms with E-state index in [0.717, 1.165) is 6.42 Å². The topological polar surface area (TPSA) is 139 Å². The van der Waals surface area contributed by atoms with E-state index in [1.54, 1.807) is 18.3 Å². The number of amides is 2. The number of hydrogen-bond acceptors (Lipinski definition) is 5. The molecule has 0 saturated carbocycles.